The third-order valence-electron chi connectivity index (χ3n) is 1.13. The second kappa shape index (κ2) is 3.36. The number of nitrogens with zero attached hydrogens (tertiary/aromatic N) is 3. The van der Waals surface area contributed by atoms with E-state index in [2.05, 4.69) is 26.9 Å². The van der Waals surface area contributed by atoms with Crippen molar-refractivity contribution in [2.75, 3.05) is 0 Å². The van der Waals surface area contributed by atoms with E-state index in [1.807, 2.05) is 0 Å². The fraction of sp³-hybridized carbons (Fsp3) is 0.167. The zero-order valence-electron chi connectivity index (χ0n) is 5.90. The predicted octanol–water partition coefficient (Wildman–Crippen LogP) is 1.19. The van der Waals surface area contributed by atoms with Crippen molar-refractivity contribution >= 4 is 21.7 Å². The molecule has 0 saturated carbocycles. The van der Waals surface area contributed by atoms with Gasteiger partial charge in [-0.3, -0.25) is 0 Å². The molecule has 0 aliphatic heterocycles. The number of rotatable bonds is 2. The van der Waals surface area contributed by atoms with E-state index in [9.17, 15) is 10.1 Å². The second-order valence-electron chi connectivity index (χ2n) is 1.96. The Morgan fingerprint density at radius 2 is 2.58 bits per heavy atom. The molecule has 0 aliphatic carbocycles. The summed E-state index contributed by atoms with van der Waals surface area (Å²) in [7, 11) is 0. The quantitative estimate of drug-likeness (QED) is 0.435. The minimum Gasteiger partial charge on any atom is -0.358 e. The van der Waals surface area contributed by atoms with Crippen molar-refractivity contribution in [3.05, 3.63) is 20.8 Å². The van der Waals surface area contributed by atoms with Crippen molar-refractivity contribution < 1.29 is 4.92 Å². The molecule has 62 valence electrons. The van der Waals surface area contributed by atoms with Gasteiger partial charge >= 0.3 is 5.82 Å². The number of hydrogen-bond acceptors (Lipinski definition) is 3. The van der Waals surface area contributed by atoms with Gasteiger partial charge in [-0.05, 0) is 20.9 Å². The second-order valence-corrected chi connectivity index (χ2v) is 2.81. The van der Waals surface area contributed by atoms with E-state index >= 15 is 0 Å². The van der Waals surface area contributed by atoms with Crippen molar-refractivity contribution in [3.8, 4) is 12.3 Å². The van der Waals surface area contributed by atoms with Crippen molar-refractivity contribution in [2.45, 2.75) is 6.54 Å². The fourth-order valence-corrected chi connectivity index (χ4v) is 1.15. The lowest BCUT2D eigenvalue weighted by atomic mass is 10.6. The van der Waals surface area contributed by atoms with Crippen LogP contribution in [0.2, 0.25) is 0 Å². The minimum absolute atomic E-state index is 0.217. The van der Waals surface area contributed by atoms with Crippen LogP contribution in [0.4, 0.5) is 5.82 Å². The molecule has 0 saturated heterocycles. The molecule has 0 atom stereocenters. The van der Waals surface area contributed by atoms with Crippen LogP contribution in [0, 0.1) is 22.5 Å². The fourth-order valence-electron chi connectivity index (χ4n) is 0.685. The smallest absolute Gasteiger partial charge is 0.358 e. The number of nitro groups is 1. The lowest BCUT2D eigenvalue weighted by molar-refractivity contribution is -0.390. The normalized spacial score (nSPS) is 9.33. The Balaban J connectivity index is 3.02. The average molecular weight is 230 g/mol. The Morgan fingerprint density at radius 1 is 1.92 bits per heavy atom. The van der Waals surface area contributed by atoms with E-state index in [-0.39, 0.29) is 12.4 Å². The maximum atomic E-state index is 10.3. The van der Waals surface area contributed by atoms with Gasteiger partial charge in [0.1, 0.15) is 11.0 Å². The van der Waals surface area contributed by atoms with E-state index < -0.39 is 4.92 Å². The van der Waals surface area contributed by atoms with Gasteiger partial charge in [0.2, 0.25) is 0 Å². The summed E-state index contributed by atoms with van der Waals surface area (Å²) in [5.41, 5.74) is 0. The lowest BCUT2D eigenvalue weighted by Gasteiger charge is -1.85. The number of terminal acetylenes is 1. The molecule has 1 aromatic rings. The summed E-state index contributed by atoms with van der Waals surface area (Å²) in [6, 6.07) is 0. The summed E-state index contributed by atoms with van der Waals surface area (Å²) in [6.07, 6.45) is 6.47. The van der Waals surface area contributed by atoms with Crippen LogP contribution in [0.25, 0.3) is 0 Å². The van der Waals surface area contributed by atoms with E-state index in [1.54, 1.807) is 0 Å². The zero-order valence-corrected chi connectivity index (χ0v) is 7.48. The Bertz CT molecular complexity index is 352. The molecular formula is C6H4BrN3O2. The Kier molecular flexibility index (Phi) is 2.45. The highest BCUT2D eigenvalue weighted by Crippen LogP contribution is 2.21. The summed E-state index contributed by atoms with van der Waals surface area (Å²) < 4.78 is 1.66. The zero-order chi connectivity index (χ0) is 9.14. The first kappa shape index (κ1) is 8.74. The summed E-state index contributed by atoms with van der Waals surface area (Å²) in [4.78, 5) is 9.72. The molecule has 0 bridgehead atoms. The highest BCUT2D eigenvalue weighted by molar-refractivity contribution is 9.10. The van der Waals surface area contributed by atoms with Gasteiger partial charge in [0, 0.05) is 0 Å². The summed E-state index contributed by atoms with van der Waals surface area (Å²) in [5.74, 6) is 2.10. The van der Waals surface area contributed by atoms with Gasteiger partial charge in [-0.15, -0.1) is 6.42 Å². The highest BCUT2D eigenvalue weighted by atomic mass is 79.9. The van der Waals surface area contributed by atoms with Gasteiger partial charge in [0.25, 0.3) is 0 Å². The highest BCUT2D eigenvalue weighted by Gasteiger charge is 2.17. The topological polar surface area (TPSA) is 61.0 Å². The monoisotopic (exact) mass is 229 g/mol. The van der Waals surface area contributed by atoms with Crippen molar-refractivity contribution in [2.24, 2.45) is 0 Å². The molecule has 5 nitrogen and oxygen atoms in total. The molecule has 1 aromatic heterocycles. The first-order chi connectivity index (χ1) is 5.65. The van der Waals surface area contributed by atoms with Crippen LogP contribution in [0.5, 0.6) is 0 Å². The Hall–Kier alpha value is -1.35. The van der Waals surface area contributed by atoms with Gasteiger partial charge < -0.3 is 10.1 Å². The number of aromatic nitrogens is 2. The number of halogens is 1. The Labute approximate surface area is 76.7 Å². The molecule has 0 aromatic carbocycles. The summed E-state index contributed by atoms with van der Waals surface area (Å²) in [5, 5.41) is 13.9. The first-order valence-corrected chi connectivity index (χ1v) is 3.75. The molecule has 0 amide bonds. The molecule has 0 spiro atoms. The number of hydrogen-bond donors (Lipinski definition) is 0. The van der Waals surface area contributed by atoms with Crippen LogP contribution in [-0.2, 0) is 6.54 Å². The maximum Gasteiger partial charge on any atom is 0.404 e. The molecule has 12 heavy (non-hydrogen) atoms. The van der Waals surface area contributed by atoms with Gasteiger partial charge in [-0.25, -0.2) is 0 Å². The molecule has 0 fully saturated rings. The van der Waals surface area contributed by atoms with Crippen LogP contribution in [0.1, 0.15) is 0 Å². The van der Waals surface area contributed by atoms with Crippen molar-refractivity contribution in [1.82, 2.24) is 9.78 Å². The molecule has 1 rings (SSSR count). The SMILES string of the molecule is C#CCn1cc(Br)c([N+](=O)[O-])n1. The van der Waals surface area contributed by atoms with Gasteiger partial charge in [-0.1, -0.05) is 5.92 Å². The standard InChI is InChI=1S/C6H4BrN3O2/c1-2-3-9-4-5(7)6(8-9)10(11)12/h1,4H,3H2. The molecular weight excluding hydrogens is 226 g/mol. The third-order valence-corrected chi connectivity index (χ3v) is 1.68. The van der Waals surface area contributed by atoms with Crippen LogP contribution in [-0.4, -0.2) is 14.7 Å². The molecule has 0 unspecified atom stereocenters. The maximum absolute atomic E-state index is 10.3. The van der Waals surface area contributed by atoms with E-state index in [4.69, 9.17) is 6.42 Å². The molecule has 6 heteroatoms. The summed E-state index contributed by atoms with van der Waals surface area (Å²) in [6.45, 7) is 0.229. The molecule has 0 N–H and O–H groups in total. The average Bonchev–Trinajstić information content (AvgIpc) is 2.32. The van der Waals surface area contributed by atoms with Crippen LogP contribution >= 0.6 is 15.9 Å². The summed E-state index contributed by atoms with van der Waals surface area (Å²) >= 11 is 2.99. The largest absolute Gasteiger partial charge is 0.404 e. The van der Waals surface area contributed by atoms with Gasteiger partial charge in [0.15, 0.2) is 0 Å². The van der Waals surface area contributed by atoms with Crippen LogP contribution < -0.4 is 0 Å². The van der Waals surface area contributed by atoms with Crippen LogP contribution in [0.3, 0.4) is 0 Å². The van der Waals surface area contributed by atoms with Gasteiger partial charge in [0.05, 0.1) is 11.3 Å². The molecule has 0 radical (unpaired) electrons. The van der Waals surface area contributed by atoms with Crippen molar-refractivity contribution in [1.29, 1.82) is 0 Å². The van der Waals surface area contributed by atoms with Gasteiger partial charge in [-0.2, -0.15) is 4.68 Å². The van der Waals surface area contributed by atoms with Crippen LogP contribution in [0.15, 0.2) is 10.7 Å². The minimum atomic E-state index is -0.572. The molecule has 1 heterocycles. The van der Waals surface area contributed by atoms with E-state index in [1.165, 1.54) is 10.9 Å². The van der Waals surface area contributed by atoms with E-state index in [0.717, 1.165) is 0 Å². The third kappa shape index (κ3) is 1.62. The lowest BCUT2D eigenvalue weighted by Crippen LogP contribution is -1.97. The first-order valence-electron chi connectivity index (χ1n) is 2.96. The van der Waals surface area contributed by atoms with E-state index in [0.29, 0.717) is 4.47 Å². The predicted molar refractivity (Wildman–Crippen MR) is 45.4 cm³/mol. The Morgan fingerprint density at radius 3 is 3.00 bits per heavy atom. The molecule has 0 aliphatic rings. The van der Waals surface area contributed by atoms with Crippen molar-refractivity contribution in [3.63, 3.8) is 0 Å².